The van der Waals surface area contributed by atoms with Crippen molar-refractivity contribution < 1.29 is 5.11 Å². The van der Waals surface area contributed by atoms with Gasteiger partial charge in [0, 0.05) is 8.07 Å². The molecule has 0 bridgehead atoms. The Bertz CT molecular complexity index is 115. The summed E-state index contributed by atoms with van der Waals surface area (Å²) < 4.78 is 0. The van der Waals surface area contributed by atoms with Gasteiger partial charge in [-0.2, -0.15) is 0 Å². The van der Waals surface area contributed by atoms with E-state index in [1.807, 2.05) is 0 Å². The van der Waals surface area contributed by atoms with Crippen LogP contribution in [0.25, 0.3) is 0 Å². The van der Waals surface area contributed by atoms with Gasteiger partial charge in [-0.25, -0.2) is 0 Å². The van der Waals surface area contributed by atoms with Crippen LogP contribution in [0.5, 0.6) is 0 Å². The predicted molar refractivity (Wildman–Crippen MR) is 53.1 cm³/mol. The Morgan fingerprint density at radius 1 is 1.36 bits per heavy atom. The van der Waals surface area contributed by atoms with Crippen molar-refractivity contribution in [2.75, 3.05) is 0 Å². The third kappa shape index (κ3) is 7.82. The second-order valence-electron chi connectivity index (χ2n) is 3.98. The molecule has 0 aliphatic heterocycles. The van der Waals surface area contributed by atoms with Gasteiger partial charge in [0.1, 0.15) is 0 Å². The van der Waals surface area contributed by atoms with E-state index in [4.69, 9.17) is 0 Å². The zero-order valence-electron chi connectivity index (χ0n) is 7.80. The van der Waals surface area contributed by atoms with Gasteiger partial charge >= 0.3 is 0 Å². The lowest BCUT2D eigenvalue weighted by atomic mass is 10.2. The highest BCUT2D eigenvalue weighted by Crippen LogP contribution is 2.11. The normalized spacial score (nSPS) is 14.5. The number of hydrogen-bond donors (Lipinski definition) is 1. The summed E-state index contributed by atoms with van der Waals surface area (Å²) in [6.45, 7) is 10.4. The Labute approximate surface area is 71.1 Å². The Kier molecular flexibility index (Phi) is 4.69. The molecule has 0 aliphatic rings. The summed E-state index contributed by atoms with van der Waals surface area (Å²) in [7, 11) is -1.07. The van der Waals surface area contributed by atoms with E-state index in [0.717, 1.165) is 6.42 Å². The third-order valence-corrected chi connectivity index (χ3v) is 2.90. The highest BCUT2D eigenvalue weighted by Gasteiger charge is 2.14. The van der Waals surface area contributed by atoms with Gasteiger partial charge < -0.3 is 5.11 Å². The largest absolute Gasteiger partial charge is 0.393 e. The van der Waals surface area contributed by atoms with E-state index >= 15 is 0 Å². The minimum atomic E-state index is -1.07. The molecule has 0 fully saturated rings. The molecule has 0 heterocycles. The van der Waals surface area contributed by atoms with Gasteiger partial charge in [-0.1, -0.05) is 25.7 Å². The summed E-state index contributed by atoms with van der Waals surface area (Å²) in [6.07, 6.45) is 3.09. The fourth-order valence-corrected chi connectivity index (χ4v) is 1.76. The van der Waals surface area contributed by atoms with Crippen molar-refractivity contribution in [3.63, 3.8) is 0 Å². The second-order valence-corrected chi connectivity index (χ2v) is 9.12. The fraction of sp³-hybridized carbons (Fsp3) is 0.667. The SMILES string of the molecule is C=CCC(O)C[CH][Si](C)(C)C. The van der Waals surface area contributed by atoms with Crippen molar-refractivity contribution in [1.82, 2.24) is 0 Å². The lowest BCUT2D eigenvalue weighted by molar-refractivity contribution is 0.179. The molecule has 0 saturated carbocycles. The molecule has 0 aromatic rings. The van der Waals surface area contributed by atoms with Crippen LogP contribution in [0.4, 0.5) is 0 Å². The van der Waals surface area contributed by atoms with Crippen LogP contribution in [-0.4, -0.2) is 19.3 Å². The molecular formula is C9H19OSi. The monoisotopic (exact) mass is 171 g/mol. The maximum atomic E-state index is 9.33. The molecular weight excluding hydrogens is 152 g/mol. The van der Waals surface area contributed by atoms with Crippen LogP contribution in [-0.2, 0) is 0 Å². The lowest BCUT2D eigenvalue weighted by Crippen LogP contribution is -2.23. The van der Waals surface area contributed by atoms with E-state index in [1.54, 1.807) is 6.08 Å². The number of rotatable bonds is 5. The zero-order chi connectivity index (χ0) is 8.91. The number of hydrogen-bond acceptors (Lipinski definition) is 1. The predicted octanol–water partition coefficient (Wildman–Crippen LogP) is 2.40. The molecule has 1 N–H and O–H groups in total. The quantitative estimate of drug-likeness (QED) is 0.497. The minimum absolute atomic E-state index is 0.209. The van der Waals surface area contributed by atoms with Crippen molar-refractivity contribution >= 4 is 8.07 Å². The van der Waals surface area contributed by atoms with Gasteiger partial charge in [-0.15, -0.1) is 6.58 Å². The molecule has 0 saturated heterocycles. The molecule has 11 heavy (non-hydrogen) atoms. The Morgan fingerprint density at radius 3 is 2.27 bits per heavy atom. The zero-order valence-corrected chi connectivity index (χ0v) is 8.80. The Hall–Kier alpha value is -0.0831. The first-order chi connectivity index (χ1) is 4.95. The molecule has 1 unspecified atom stereocenters. The molecule has 0 spiro atoms. The number of aliphatic hydroxyl groups is 1. The van der Waals surface area contributed by atoms with Crippen molar-refractivity contribution in [3.05, 3.63) is 18.7 Å². The van der Waals surface area contributed by atoms with Crippen LogP contribution in [0.3, 0.4) is 0 Å². The summed E-state index contributed by atoms with van der Waals surface area (Å²) in [4.78, 5) is 0. The first-order valence-electron chi connectivity index (χ1n) is 4.09. The first-order valence-corrected chi connectivity index (χ1v) is 7.67. The standard InChI is InChI=1S/C9H19OSi/c1-5-6-9(10)7-8-11(2,3)4/h5,8-10H,1,6-7H2,2-4H3. The molecule has 0 aromatic heterocycles. The van der Waals surface area contributed by atoms with Crippen molar-refractivity contribution in [2.24, 2.45) is 0 Å². The maximum absolute atomic E-state index is 9.33. The van der Waals surface area contributed by atoms with Gasteiger partial charge in [-0.05, 0) is 18.9 Å². The molecule has 1 radical (unpaired) electrons. The van der Waals surface area contributed by atoms with Crippen LogP contribution in [0.15, 0.2) is 12.7 Å². The average Bonchev–Trinajstić information content (AvgIpc) is 1.83. The van der Waals surface area contributed by atoms with Gasteiger partial charge in [0.05, 0.1) is 6.10 Å². The highest BCUT2D eigenvalue weighted by atomic mass is 28.3. The minimum Gasteiger partial charge on any atom is -0.393 e. The van der Waals surface area contributed by atoms with Crippen LogP contribution >= 0.6 is 0 Å². The third-order valence-electron chi connectivity index (χ3n) is 1.44. The van der Waals surface area contributed by atoms with E-state index in [0.29, 0.717) is 6.42 Å². The summed E-state index contributed by atoms with van der Waals surface area (Å²) >= 11 is 0. The van der Waals surface area contributed by atoms with E-state index in [1.165, 1.54) is 0 Å². The fourth-order valence-electron chi connectivity index (χ4n) is 0.778. The Morgan fingerprint density at radius 2 is 1.91 bits per heavy atom. The van der Waals surface area contributed by atoms with Crippen LogP contribution in [0.2, 0.25) is 19.6 Å². The van der Waals surface area contributed by atoms with Crippen LogP contribution < -0.4 is 0 Å². The van der Waals surface area contributed by atoms with Crippen molar-refractivity contribution in [2.45, 2.75) is 38.6 Å². The molecule has 0 aliphatic carbocycles. The molecule has 2 heteroatoms. The van der Waals surface area contributed by atoms with E-state index in [-0.39, 0.29) is 6.10 Å². The molecule has 0 aromatic carbocycles. The molecule has 0 amide bonds. The van der Waals surface area contributed by atoms with Crippen molar-refractivity contribution in [3.8, 4) is 0 Å². The summed E-state index contributed by atoms with van der Waals surface area (Å²) in [5, 5.41) is 9.33. The van der Waals surface area contributed by atoms with Gasteiger partial charge in [0.25, 0.3) is 0 Å². The van der Waals surface area contributed by atoms with Crippen molar-refractivity contribution in [1.29, 1.82) is 0 Å². The summed E-state index contributed by atoms with van der Waals surface area (Å²) in [6, 6.07) is 2.28. The topological polar surface area (TPSA) is 20.2 Å². The average molecular weight is 171 g/mol. The molecule has 1 nitrogen and oxygen atoms in total. The molecule has 65 valence electrons. The highest BCUT2D eigenvalue weighted by molar-refractivity contribution is 6.79. The van der Waals surface area contributed by atoms with E-state index in [2.05, 4.69) is 32.3 Å². The summed E-state index contributed by atoms with van der Waals surface area (Å²) in [5.74, 6) is 0. The first kappa shape index (κ1) is 10.9. The lowest BCUT2D eigenvalue weighted by Gasteiger charge is -2.17. The van der Waals surface area contributed by atoms with Gasteiger partial charge in [0.15, 0.2) is 0 Å². The maximum Gasteiger partial charge on any atom is 0.0574 e. The van der Waals surface area contributed by atoms with Gasteiger partial charge in [0.2, 0.25) is 0 Å². The molecule has 0 rings (SSSR count). The summed E-state index contributed by atoms with van der Waals surface area (Å²) in [5.41, 5.74) is 0. The van der Waals surface area contributed by atoms with E-state index in [9.17, 15) is 5.11 Å². The second kappa shape index (κ2) is 4.73. The smallest absolute Gasteiger partial charge is 0.0574 e. The van der Waals surface area contributed by atoms with Gasteiger partial charge in [-0.3, -0.25) is 0 Å². The van der Waals surface area contributed by atoms with Crippen LogP contribution in [0.1, 0.15) is 12.8 Å². The molecule has 1 atom stereocenters. The van der Waals surface area contributed by atoms with E-state index < -0.39 is 8.07 Å². The number of aliphatic hydroxyl groups excluding tert-OH is 1. The van der Waals surface area contributed by atoms with Crippen LogP contribution in [0, 0.1) is 6.04 Å². The Balaban J connectivity index is 3.45.